The van der Waals surface area contributed by atoms with Gasteiger partial charge in [0.25, 0.3) is 0 Å². The van der Waals surface area contributed by atoms with Crippen LogP contribution in [-0.2, 0) is 11.2 Å². The van der Waals surface area contributed by atoms with Gasteiger partial charge in [0.2, 0.25) is 5.91 Å². The zero-order valence-corrected chi connectivity index (χ0v) is 12.3. The van der Waals surface area contributed by atoms with Gasteiger partial charge in [-0.1, -0.05) is 31.5 Å². The molecule has 1 aliphatic heterocycles. The first-order valence-corrected chi connectivity index (χ1v) is 7.27. The summed E-state index contributed by atoms with van der Waals surface area (Å²) < 4.78 is 0. The number of carbonyl (C=O) groups excluding carboxylic acids is 1. The Hall–Kier alpha value is -1.06. The van der Waals surface area contributed by atoms with Gasteiger partial charge in [-0.15, -0.1) is 0 Å². The second kappa shape index (κ2) is 5.51. The van der Waals surface area contributed by atoms with Crippen LogP contribution in [-0.4, -0.2) is 19.0 Å². The summed E-state index contributed by atoms with van der Waals surface area (Å²) >= 11 is 6.19. The molecule has 1 heterocycles. The van der Waals surface area contributed by atoms with Gasteiger partial charge >= 0.3 is 0 Å². The lowest BCUT2D eigenvalue weighted by Crippen LogP contribution is -2.47. The maximum absolute atomic E-state index is 12.8. The molecule has 19 heavy (non-hydrogen) atoms. The van der Waals surface area contributed by atoms with Crippen molar-refractivity contribution in [1.29, 1.82) is 0 Å². The molecule has 2 N–H and O–H groups in total. The zero-order chi connectivity index (χ0) is 14.0. The molecule has 0 saturated heterocycles. The SMILES string of the molecule is CCC(CC)(CN)C(=O)N1CCc2c(Cl)cccc21. The number of rotatable bonds is 4. The molecule has 104 valence electrons. The Morgan fingerprint density at radius 3 is 2.68 bits per heavy atom. The summed E-state index contributed by atoms with van der Waals surface area (Å²) in [5.41, 5.74) is 7.47. The highest BCUT2D eigenvalue weighted by molar-refractivity contribution is 6.32. The van der Waals surface area contributed by atoms with E-state index in [0.29, 0.717) is 13.1 Å². The second-order valence-electron chi connectivity index (χ2n) is 5.14. The summed E-state index contributed by atoms with van der Waals surface area (Å²) in [6.07, 6.45) is 2.37. The molecule has 0 saturated carbocycles. The summed E-state index contributed by atoms with van der Waals surface area (Å²) in [5, 5.41) is 0.749. The van der Waals surface area contributed by atoms with Crippen molar-refractivity contribution in [2.75, 3.05) is 18.0 Å². The Morgan fingerprint density at radius 1 is 1.42 bits per heavy atom. The molecular formula is C15H21ClN2O. The standard InChI is InChI=1S/C15H21ClN2O/c1-3-15(4-2,10-17)14(19)18-9-8-11-12(16)6-5-7-13(11)18/h5-7H,3-4,8-10,17H2,1-2H3. The molecule has 4 heteroatoms. The van der Waals surface area contributed by atoms with Crippen molar-refractivity contribution >= 4 is 23.2 Å². The fraction of sp³-hybridized carbons (Fsp3) is 0.533. The van der Waals surface area contributed by atoms with Crippen LogP contribution in [0.3, 0.4) is 0 Å². The van der Waals surface area contributed by atoms with Gasteiger partial charge in [-0.05, 0) is 37.0 Å². The summed E-state index contributed by atoms with van der Waals surface area (Å²) in [6, 6.07) is 5.75. The minimum absolute atomic E-state index is 0.140. The zero-order valence-electron chi connectivity index (χ0n) is 11.6. The van der Waals surface area contributed by atoms with E-state index >= 15 is 0 Å². The van der Waals surface area contributed by atoms with E-state index in [-0.39, 0.29) is 5.91 Å². The lowest BCUT2D eigenvalue weighted by atomic mass is 9.81. The Bertz CT molecular complexity index is 475. The third-order valence-corrected chi connectivity index (χ3v) is 4.77. The molecular weight excluding hydrogens is 260 g/mol. The van der Waals surface area contributed by atoms with Crippen LogP contribution < -0.4 is 10.6 Å². The number of anilines is 1. The normalized spacial score (nSPS) is 14.6. The Morgan fingerprint density at radius 2 is 2.11 bits per heavy atom. The fourth-order valence-electron chi connectivity index (χ4n) is 2.82. The first-order chi connectivity index (χ1) is 9.09. The molecule has 1 aromatic rings. The molecule has 0 atom stereocenters. The minimum atomic E-state index is -0.441. The van der Waals surface area contributed by atoms with Gasteiger partial charge < -0.3 is 10.6 Å². The van der Waals surface area contributed by atoms with Gasteiger partial charge in [-0.3, -0.25) is 4.79 Å². The Kier molecular flexibility index (Phi) is 4.16. The summed E-state index contributed by atoms with van der Waals surface area (Å²) in [6.45, 7) is 5.16. The van der Waals surface area contributed by atoms with E-state index in [1.54, 1.807) is 0 Å². The molecule has 3 nitrogen and oxygen atoms in total. The third kappa shape index (κ3) is 2.26. The highest BCUT2D eigenvalue weighted by atomic mass is 35.5. The lowest BCUT2D eigenvalue weighted by molar-refractivity contribution is -0.128. The van der Waals surface area contributed by atoms with E-state index in [1.807, 2.05) is 36.9 Å². The van der Waals surface area contributed by atoms with Crippen LogP contribution in [0.1, 0.15) is 32.3 Å². The van der Waals surface area contributed by atoms with Gasteiger partial charge in [-0.2, -0.15) is 0 Å². The molecule has 2 rings (SSSR count). The van der Waals surface area contributed by atoms with Gasteiger partial charge in [0.1, 0.15) is 0 Å². The molecule has 1 amide bonds. The van der Waals surface area contributed by atoms with Crippen LogP contribution in [0.5, 0.6) is 0 Å². The number of hydrogen-bond acceptors (Lipinski definition) is 2. The number of halogens is 1. The first-order valence-electron chi connectivity index (χ1n) is 6.89. The van der Waals surface area contributed by atoms with Crippen molar-refractivity contribution in [3.05, 3.63) is 28.8 Å². The fourth-order valence-corrected chi connectivity index (χ4v) is 3.08. The van der Waals surface area contributed by atoms with Crippen LogP contribution in [0, 0.1) is 5.41 Å². The highest BCUT2D eigenvalue weighted by Crippen LogP contribution is 2.37. The molecule has 0 aliphatic carbocycles. The van der Waals surface area contributed by atoms with E-state index in [0.717, 1.165) is 35.5 Å². The number of hydrogen-bond donors (Lipinski definition) is 1. The number of nitrogens with zero attached hydrogens (tertiary/aromatic N) is 1. The molecule has 0 spiro atoms. The second-order valence-corrected chi connectivity index (χ2v) is 5.54. The molecule has 0 radical (unpaired) electrons. The third-order valence-electron chi connectivity index (χ3n) is 4.41. The predicted octanol–water partition coefficient (Wildman–Crippen LogP) is 2.99. The van der Waals surface area contributed by atoms with E-state index in [2.05, 4.69) is 0 Å². The maximum atomic E-state index is 12.8. The lowest BCUT2D eigenvalue weighted by Gasteiger charge is -2.33. The van der Waals surface area contributed by atoms with E-state index < -0.39 is 5.41 Å². The number of benzene rings is 1. The van der Waals surface area contributed by atoms with Crippen LogP contribution in [0.25, 0.3) is 0 Å². The van der Waals surface area contributed by atoms with Crippen LogP contribution in [0.4, 0.5) is 5.69 Å². The average Bonchev–Trinajstić information content (AvgIpc) is 2.86. The monoisotopic (exact) mass is 280 g/mol. The smallest absolute Gasteiger partial charge is 0.234 e. The van der Waals surface area contributed by atoms with E-state index in [9.17, 15) is 4.79 Å². The molecule has 0 unspecified atom stereocenters. The van der Waals surface area contributed by atoms with Gasteiger partial charge in [-0.25, -0.2) is 0 Å². The molecule has 0 aromatic heterocycles. The molecule has 0 fully saturated rings. The van der Waals surface area contributed by atoms with Crippen LogP contribution in [0.15, 0.2) is 18.2 Å². The number of amides is 1. The quantitative estimate of drug-likeness (QED) is 0.922. The number of nitrogens with two attached hydrogens (primary N) is 1. The van der Waals surface area contributed by atoms with Crippen molar-refractivity contribution < 1.29 is 4.79 Å². The summed E-state index contributed by atoms with van der Waals surface area (Å²) in [4.78, 5) is 14.7. The molecule has 0 bridgehead atoms. The topological polar surface area (TPSA) is 46.3 Å². The van der Waals surface area contributed by atoms with Gasteiger partial charge in [0, 0.05) is 23.8 Å². The molecule has 1 aliphatic rings. The van der Waals surface area contributed by atoms with Crippen molar-refractivity contribution in [1.82, 2.24) is 0 Å². The van der Waals surface area contributed by atoms with Gasteiger partial charge in [0.15, 0.2) is 0 Å². The van der Waals surface area contributed by atoms with Gasteiger partial charge in [0.05, 0.1) is 5.41 Å². The summed E-state index contributed by atoms with van der Waals surface area (Å²) in [7, 11) is 0. The largest absolute Gasteiger partial charge is 0.329 e. The van der Waals surface area contributed by atoms with Crippen molar-refractivity contribution in [2.45, 2.75) is 33.1 Å². The average molecular weight is 281 g/mol. The Balaban J connectivity index is 2.36. The van der Waals surface area contributed by atoms with Crippen molar-refractivity contribution in [2.24, 2.45) is 11.1 Å². The van der Waals surface area contributed by atoms with Crippen molar-refractivity contribution in [3.8, 4) is 0 Å². The van der Waals surface area contributed by atoms with Crippen molar-refractivity contribution in [3.63, 3.8) is 0 Å². The first kappa shape index (κ1) is 14.4. The Labute approximate surface area is 119 Å². The minimum Gasteiger partial charge on any atom is -0.329 e. The number of fused-ring (bicyclic) bond motifs is 1. The van der Waals surface area contributed by atoms with E-state index in [4.69, 9.17) is 17.3 Å². The predicted molar refractivity (Wildman–Crippen MR) is 79.6 cm³/mol. The van der Waals surface area contributed by atoms with E-state index in [1.165, 1.54) is 0 Å². The number of carbonyl (C=O) groups is 1. The van der Waals surface area contributed by atoms with Crippen LogP contribution in [0.2, 0.25) is 5.02 Å². The maximum Gasteiger partial charge on any atom is 0.234 e. The highest BCUT2D eigenvalue weighted by Gasteiger charge is 2.39. The molecule has 1 aromatic carbocycles. The van der Waals surface area contributed by atoms with Crippen LogP contribution >= 0.6 is 11.6 Å². The summed E-state index contributed by atoms with van der Waals surface area (Å²) in [5.74, 6) is 0.140.